The maximum absolute atomic E-state index is 6.15. The first kappa shape index (κ1) is 13.0. The molecule has 1 aliphatic heterocycles. The van der Waals surface area contributed by atoms with Gasteiger partial charge in [0.25, 0.3) is 0 Å². The second-order valence-corrected chi connectivity index (χ2v) is 6.04. The maximum Gasteiger partial charge on any atom is 0.233 e. The Labute approximate surface area is 123 Å². The molecule has 5 nitrogen and oxygen atoms in total. The maximum atomic E-state index is 6.15. The predicted octanol–water partition coefficient (Wildman–Crippen LogP) is 1.98. The molecule has 2 aliphatic rings. The van der Waals surface area contributed by atoms with Crippen LogP contribution in [0.2, 0.25) is 0 Å². The lowest BCUT2D eigenvalue weighted by Crippen LogP contribution is -2.37. The van der Waals surface area contributed by atoms with E-state index >= 15 is 0 Å². The lowest BCUT2D eigenvalue weighted by atomic mass is 9.94. The van der Waals surface area contributed by atoms with Gasteiger partial charge < -0.3 is 15.0 Å². The Balaban J connectivity index is 1.63. The van der Waals surface area contributed by atoms with Crippen molar-refractivity contribution in [3.05, 3.63) is 47.6 Å². The predicted molar refractivity (Wildman–Crippen MR) is 76.9 cm³/mol. The van der Waals surface area contributed by atoms with Crippen LogP contribution in [-0.4, -0.2) is 29.4 Å². The highest BCUT2D eigenvalue weighted by Crippen LogP contribution is 2.52. The summed E-state index contributed by atoms with van der Waals surface area (Å²) in [5.74, 6) is 1.44. The highest BCUT2D eigenvalue weighted by molar-refractivity contribution is 5.38. The second-order valence-electron chi connectivity index (χ2n) is 6.04. The molecule has 0 radical (unpaired) electrons. The molecule has 4 rings (SSSR count). The number of ether oxygens (including phenoxy) is 1. The summed E-state index contributed by atoms with van der Waals surface area (Å²) in [7, 11) is 0. The van der Waals surface area contributed by atoms with E-state index in [1.165, 1.54) is 5.56 Å². The van der Waals surface area contributed by atoms with Gasteiger partial charge in [-0.05, 0) is 24.8 Å². The molecule has 2 atom stereocenters. The minimum Gasteiger partial charge on any atom is -0.381 e. The molecule has 5 heteroatoms. The van der Waals surface area contributed by atoms with Crippen molar-refractivity contribution in [3.8, 4) is 0 Å². The van der Waals surface area contributed by atoms with Crippen molar-refractivity contribution in [1.29, 1.82) is 0 Å². The van der Waals surface area contributed by atoms with E-state index in [2.05, 4.69) is 34.4 Å². The summed E-state index contributed by atoms with van der Waals surface area (Å²) >= 11 is 0. The van der Waals surface area contributed by atoms with Crippen molar-refractivity contribution in [2.24, 2.45) is 5.73 Å². The van der Waals surface area contributed by atoms with Crippen LogP contribution in [0.1, 0.15) is 42.5 Å². The minimum atomic E-state index is -0.0529. The standard InChI is InChI=1S/C16H19N3O2/c17-13-6-9-20-10-12(13)14-18-15(19-21-14)16(7-8-16)11-4-2-1-3-5-11/h1-5,12-13H,6-10,17H2. The monoisotopic (exact) mass is 285 g/mol. The Morgan fingerprint density at radius 3 is 2.71 bits per heavy atom. The molecule has 2 N–H and O–H groups in total. The molecule has 110 valence electrons. The molecule has 0 amide bonds. The zero-order chi connectivity index (χ0) is 14.3. The van der Waals surface area contributed by atoms with Crippen LogP contribution in [0.3, 0.4) is 0 Å². The fourth-order valence-corrected chi connectivity index (χ4v) is 3.11. The van der Waals surface area contributed by atoms with Crippen molar-refractivity contribution in [3.63, 3.8) is 0 Å². The van der Waals surface area contributed by atoms with Crippen LogP contribution in [-0.2, 0) is 10.2 Å². The van der Waals surface area contributed by atoms with E-state index in [0.717, 1.165) is 25.1 Å². The molecule has 1 aromatic carbocycles. The highest BCUT2D eigenvalue weighted by atomic mass is 16.5. The Hall–Kier alpha value is -1.72. The SMILES string of the molecule is NC1CCOCC1c1nc(C2(c3ccccc3)CC2)no1. The average molecular weight is 285 g/mol. The molecule has 1 aromatic heterocycles. The quantitative estimate of drug-likeness (QED) is 0.933. The summed E-state index contributed by atoms with van der Waals surface area (Å²) in [4.78, 5) is 4.66. The largest absolute Gasteiger partial charge is 0.381 e. The van der Waals surface area contributed by atoms with E-state index in [1.54, 1.807) is 0 Å². The highest BCUT2D eigenvalue weighted by Gasteiger charge is 2.50. The molecular weight excluding hydrogens is 266 g/mol. The molecule has 2 aromatic rings. The van der Waals surface area contributed by atoms with Crippen molar-refractivity contribution in [1.82, 2.24) is 10.1 Å². The summed E-state index contributed by atoms with van der Waals surface area (Å²) in [5, 5.41) is 4.24. The van der Waals surface area contributed by atoms with E-state index < -0.39 is 0 Å². The Morgan fingerprint density at radius 1 is 1.19 bits per heavy atom. The van der Waals surface area contributed by atoms with Crippen LogP contribution in [0.4, 0.5) is 0 Å². The summed E-state index contributed by atoms with van der Waals surface area (Å²) in [6.45, 7) is 1.29. The fourth-order valence-electron chi connectivity index (χ4n) is 3.11. The number of hydrogen-bond donors (Lipinski definition) is 1. The molecule has 1 aliphatic carbocycles. The first-order valence-electron chi connectivity index (χ1n) is 7.52. The average Bonchev–Trinajstić information content (AvgIpc) is 3.20. The molecule has 2 unspecified atom stereocenters. The van der Waals surface area contributed by atoms with Crippen molar-refractivity contribution in [2.45, 2.75) is 36.6 Å². The van der Waals surface area contributed by atoms with E-state index in [1.807, 2.05) is 6.07 Å². The van der Waals surface area contributed by atoms with Gasteiger partial charge in [0.2, 0.25) is 5.89 Å². The summed E-state index contributed by atoms with van der Waals surface area (Å²) in [5.41, 5.74) is 7.36. The number of aromatic nitrogens is 2. The second kappa shape index (κ2) is 4.93. The van der Waals surface area contributed by atoms with Gasteiger partial charge in [-0.2, -0.15) is 4.98 Å². The van der Waals surface area contributed by atoms with Crippen molar-refractivity contribution >= 4 is 0 Å². The number of benzene rings is 1. The first-order chi connectivity index (χ1) is 10.3. The van der Waals surface area contributed by atoms with E-state index in [4.69, 9.17) is 15.0 Å². The van der Waals surface area contributed by atoms with Crippen LogP contribution < -0.4 is 5.73 Å². The van der Waals surface area contributed by atoms with Crippen LogP contribution >= 0.6 is 0 Å². The van der Waals surface area contributed by atoms with Gasteiger partial charge >= 0.3 is 0 Å². The molecule has 2 heterocycles. The summed E-state index contributed by atoms with van der Waals surface area (Å²) in [6.07, 6.45) is 2.98. The van der Waals surface area contributed by atoms with Crippen molar-refractivity contribution < 1.29 is 9.26 Å². The Kier molecular flexibility index (Phi) is 3.05. The molecular formula is C16H19N3O2. The third-order valence-corrected chi connectivity index (χ3v) is 4.67. The van der Waals surface area contributed by atoms with Crippen molar-refractivity contribution in [2.75, 3.05) is 13.2 Å². The first-order valence-corrected chi connectivity index (χ1v) is 7.52. The van der Waals surface area contributed by atoms with Gasteiger partial charge in [0.15, 0.2) is 5.82 Å². The minimum absolute atomic E-state index is 0.0200. The smallest absolute Gasteiger partial charge is 0.233 e. The van der Waals surface area contributed by atoms with Crippen LogP contribution in [0.25, 0.3) is 0 Å². The van der Waals surface area contributed by atoms with E-state index in [0.29, 0.717) is 19.1 Å². The Morgan fingerprint density at radius 2 is 2.00 bits per heavy atom. The van der Waals surface area contributed by atoms with Gasteiger partial charge in [-0.25, -0.2) is 0 Å². The topological polar surface area (TPSA) is 74.2 Å². The lowest BCUT2D eigenvalue weighted by Gasteiger charge is -2.25. The van der Waals surface area contributed by atoms with E-state index in [-0.39, 0.29) is 17.4 Å². The van der Waals surface area contributed by atoms with Gasteiger partial charge in [-0.15, -0.1) is 0 Å². The fraction of sp³-hybridized carbons (Fsp3) is 0.500. The van der Waals surface area contributed by atoms with Gasteiger partial charge in [-0.3, -0.25) is 0 Å². The van der Waals surface area contributed by atoms with Crippen LogP contribution in [0.15, 0.2) is 34.9 Å². The zero-order valence-corrected chi connectivity index (χ0v) is 11.9. The van der Waals surface area contributed by atoms with Crippen LogP contribution in [0.5, 0.6) is 0 Å². The normalized spacial score (nSPS) is 27.5. The number of hydrogen-bond acceptors (Lipinski definition) is 5. The molecule has 2 fully saturated rings. The number of nitrogens with two attached hydrogens (primary N) is 1. The number of nitrogens with zero attached hydrogens (tertiary/aromatic N) is 2. The zero-order valence-electron chi connectivity index (χ0n) is 11.9. The summed E-state index contributed by atoms with van der Waals surface area (Å²) < 4.78 is 11.0. The van der Waals surface area contributed by atoms with Gasteiger partial charge in [0.05, 0.1) is 17.9 Å². The van der Waals surface area contributed by atoms with Gasteiger partial charge in [0, 0.05) is 12.6 Å². The molecule has 1 saturated carbocycles. The summed E-state index contributed by atoms with van der Waals surface area (Å²) in [6, 6.07) is 10.5. The lowest BCUT2D eigenvalue weighted by molar-refractivity contribution is 0.0590. The molecule has 1 saturated heterocycles. The third-order valence-electron chi connectivity index (χ3n) is 4.67. The van der Waals surface area contributed by atoms with Gasteiger partial charge in [-0.1, -0.05) is 35.5 Å². The Bertz CT molecular complexity index is 621. The molecule has 0 bridgehead atoms. The number of rotatable bonds is 3. The molecule has 21 heavy (non-hydrogen) atoms. The van der Waals surface area contributed by atoms with E-state index in [9.17, 15) is 0 Å². The van der Waals surface area contributed by atoms with Crippen LogP contribution in [0, 0.1) is 0 Å². The third kappa shape index (κ3) is 2.17. The van der Waals surface area contributed by atoms with Gasteiger partial charge in [0.1, 0.15) is 0 Å². The molecule has 0 spiro atoms.